The number of aromatic nitrogens is 3. The fraction of sp³-hybridized carbons (Fsp3) is 0.750. The third-order valence-electron chi connectivity index (χ3n) is 1.88. The first-order valence-electron chi connectivity index (χ1n) is 4.44. The van der Waals surface area contributed by atoms with E-state index in [1.807, 2.05) is 18.5 Å². The molecule has 74 valence electrons. The lowest BCUT2D eigenvalue weighted by atomic mass is 10.3. The number of hydrogen-bond acceptors (Lipinski definition) is 4. The smallest absolute Gasteiger partial charge is 0.190 e. The molecule has 0 saturated carbocycles. The van der Waals surface area contributed by atoms with Crippen LogP contribution in [0.15, 0.2) is 5.16 Å². The predicted octanol–water partition coefficient (Wildman–Crippen LogP) is 0.955. The van der Waals surface area contributed by atoms with E-state index in [0.29, 0.717) is 0 Å². The largest absolute Gasteiger partial charge is 0.330 e. The molecule has 4 nitrogen and oxygen atoms in total. The maximum absolute atomic E-state index is 5.40. The molecule has 0 unspecified atom stereocenters. The van der Waals surface area contributed by atoms with Gasteiger partial charge in [0.1, 0.15) is 5.82 Å². The van der Waals surface area contributed by atoms with Gasteiger partial charge in [0.15, 0.2) is 5.16 Å². The quantitative estimate of drug-likeness (QED) is 0.568. The molecule has 1 heterocycles. The van der Waals surface area contributed by atoms with Gasteiger partial charge in [-0.2, -0.15) is 0 Å². The Balaban J connectivity index is 2.32. The summed E-state index contributed by atoms with van der Waals surface area (Å²) >= 11 is 1.74. The SMILES string of the molecule is Cc1nnc(SCCCCN)n1C. The van der Waals surface area contributed by atoms with E-state index in [1.165, 1.54) is 0 Å². The Morgan fingerprint density at radius 2 is 2.15 bits per heavy atom. The zero-order valence-electron chi connectivity index (χ0n) is 8.16. The number of aryl methyl sites for hydroxylation is 1. The van der Waals surface area contributed by atoms with Crippen LogP contribution in [0.2, 0.25) is 0 Å². The highest BCUT2D eigenvalue weighted by Gasteiger charge is 2.03. The number of hydrogen-bond donors (Lipinski definition) is 1. The minimum absolute atomic E-state index is 0.776. The Kier molecular flexibility index (Phi) is 4.24. The van der Waals surface area contributed by atoms with Gasteiger partial charge in [0, 0.05) is 12.8 Å². The van der Waals surface area contributed by atoms with E-state index in [0.717, 1.165) is 36.1 Å². The van der Waals surface area contributed by atoms with E-state index in [1.54, 1.807) is 11.8 Å². The van der Waals surface area contributed by atoms with E-state index in [9.17, 15) is 0 Å². The molecule has 1 rings (SSSR count). The molecule has 13 heavy (non-hydrogen) atoms. The molecule has 0 spiro atoms. The van der Waals surface area contributed by atoms with Gasteiger partial charge in [-0.25, -0.2) is 0 Å². The molecular formula is C8H16N4S. The summed E-state index contributed by atoms with van der Waals surface area (Å²) in [7, 11) is 1.99. The molecule has 0 aliphatic carbocycles. The van der Waals surface area contributed by atoms with Crippen molar-refractivity contribution in [1.82, 2.24) is 14.8 Å². The predicted molar refractivity (Wildman–Crippen MR) is 54.8 cm³/mol. The van der Waals surface area contributed by atoms with Crippen LogP contribution in [-0.2, 0) is 7.05 Å². The molecule has 0 aliphatic rings. The Hall–Kier alpha value is -0.550. The van der Waals surface area contributed by atoms with Gasteiger partial charge in [-0.1, -0.05) is 11.8 Å². The van der Waals surface area contributed by atoms with Crippen LogP contribution in [0.3, 0.4) is 0 Å². The second-order valence-electron chi connectivity index (χ2n) is 2.93. The van der Waals surface area contributed by atoms with E-state index in [2.05, 4.69) is 10.2 Å². The third-order valence-corrected chi connectivity index (χ3v) is 2.99. The van der Waals surface area contributed by atoms with Gasteiger partial charge in [0.25, 0.3) is 0 Å². The molecule has 0 aliphatic heterocycles. The van der Waals surface area contributed by atoms with Gasteiger partial charge < -0.3 is 10.3 Å². The van der Waals surface area contributed by atoms with Crippen molar-refractivity contribution in [2.24, 2.45) is 12.8 Å². The van der Waals surface area contributed by atoms with Crippen molar-refractivity contribution < 1.29 is 0 Å². The minimum Gasteiger partial charge on any atom is -0.330 e. The van der Waals surface area contributed by atoms with Crippen molar-refractivity contribution in [3.8, 4) is 0 Å². The molecule has 1 aromatic heterocycles. The lowest BCUT2D eigenvalue weighted by Crippen LogP contribution is -1.99. The van der Waals surface area contributed by atoms with Gasteiger partial charge in [-0.15, -0.1) is 10.2 Å². The molecule has 0 fully saturated rings. The lowest BCUT2D eigenvalue weighted by molar-refractivity contribution is 0.760. The van der Waals surface area contributed by atoms with Crippen molar-refractivity contribution in [3.63, 3.8) is 0 Å². The van der Waals surface area contributed by atoms with E-state index in [-0.39, 0.29) is 0 Å². The Morgan fingerprint density at radius 1 is 1.38 bits per heavy atom. The van der Waals surface area contributed by atoms with Crippen LogP contribution >= 0.6 is 11.8 Å². The summed E-state index contributed by atoms with van der Waals surface area (Å²) in [4.78, 5) is 0. The van der Waals surface area contributed by atoms with Crippen LogP contribution in [0.4, 0.5) is 0 Å². The first-order chi connectivity index (χ1) is 6.25. The maximum Gasteiger partial charge on any atom is 0.190 e. The first-order valence-corrected chi connectivity index (χ1v) is 5.43. The van der Waals surface area contributed by atoms with Gasteiger partial charge in [-0.05, 0) is 26.3 Å². The van der Waals surface area contributed by atoms with Gasteiger partial charge in [-0.3, -0.25) is 0 Å². The summed E-state index contributed by atoms with van der Waals surface area (Å²) in [6, 6.07) is 0. The molecule has 0 amide bonds. The molecule has 0 atom stereocenters. The van der Waals surface area contributed by atoms with Crippen molar-refractivity contribution >= 4 is 11.8 Å². The second-order valence-corrected chi connectivity index (χ2v) is 4.00. The van der Waals surface area contributed by atoms with Gasteiger partial charge in [0.05, 0.1) is 0 Å². The first kappa shape index (κ1) is 10.5. The van der Waals surface area contributed by atoms with Crippen molar-refractivity contribution in [2.75, 3.05) is 12.3 Å². The highest BCUT2D eigenvalue weighted by atomic mass is 32.2. The van der Waals surface area contributed by atoms with Crippen LogP contribution in [0.1, 0.15) is 18.7 Å². The van der Waals surface area contributed by atoms with Gasteiger partial charge in [0.2, 0.25) is 0 Å². The molecular weight excluding hydrogens is 184 g/mol. The number of unbranched alkanes of at least 4 members (excludes halogenated alkanes) is 1. The van der Waals surface area contributed by atoms with Crippen molar-refractivity contribution in [3.05, 3.63) is 5.82 Å². The molecule has 1 aromatic rings. The summed E-state index contributed by atoms with van der Waals surface area (Å²) in [5.41, 5.74) is 5.40. The molecule has 0 aromatic carbocycles. The zero-order valence-corrected chi connectivity index (χ0v) is 8.97. The van der Waals surface area contributed by atoms with Crippen molar-refractivity contribution in [2.45, 2.75) is 24.9 Å². The molecule has 0 radical (unpaired) electrons. The number of rotatable bonds is 5. The molecule has 2 N–H and O–H groups in total. The fourth-order valence-electron chi connectivity index (χ4n) is 0.923. The van der Waals surface area contributed by atoms with Crippen LogP contribution in [0.25, 0.3) is 0 Å². The highest BCUT2D eigenvalue weighted by Crippen LogP contribution is 2.16. The van der Waals surface area contributed by atoms with E-state index in [4.69, 9.17) is 5.73 Å². The standard InChI is InChI=1S/C8H16N4S/c1-7-10-11-8(12(7)2)13-6-4-3-5-9/h3-6,9H2,1-2H3. The summed E-state index contributed by atoms with van der Waals surface area (Å²) in [5.74, 6) is 2.03. The summed E-state index contributed by atoms with van der Waals surface area (Å²) in [6.07, 6.45) is 2.23. The lowest BCUT2D eigenvalue weighted by Gasteiger charge is -2.00. The summed E-state index contributed by atoms with van der Waals surface area (Å²) in [5, 5.41) is 9.04. The molecule has 0 bridgehead atoms. The number of nitrogens with two attached hydrogens (primary N) is 1. The number of thioether (sulfide) groups is 1. The minimum atomic E-state index is 0.776. The van der Waals surface area contributed by atoms with Crippen LogP contribution in [-0.4, -0.2) is 27.1 Å². The van der Waals surface area contributed by atoms with Gasteiger partial charge >= 0.3 is 0 Å². The number of nitrogens with zero attached hydrogens (tertiary/aromatic N) is 3. The monoisotopic (exact) mass is 200 g/mol. The third kappa shape index (κ3) is 3.00. The maximum atomic E-state index is 5.40. The van der Waals surface area contributed by atoms with Crippen molar-refractivity contribution in [1.29, 1.82) is 0 Å². The zero-order chi connectivity index (χ0) is 9.68. The molecule has 0 saturated heterocycles. The summed E-state index contributed by atoms with van der Waals surface area (Å²) < 4.78 is 2.01. The Morgan fingerprint density at radius 3 is 2.69 bits per heavy atom. The fourth-order valence-corrected chi connectivity index (χ4v) is 1.88. The van der Waals surface area contributed by atoms with E-state index >= 15 is 0 Å². The molecule has 5 heteroatoms. The topological polar surface area (TPSA) is 56.7 Å². The van der Waals surface area contributed by atoms with Crippen LogP contribution in [0, 0.1) is 6.92 Å². The Labute approximate surface area is 82.9 Å². The normalized spacial score (nSPS) is 10.7. The van der Waals surface area contributed by atoms with E-state index < -0.39 is 0 Å². The highest BCUT2D eigenvalue weighted by molar-refractivity contribution is 7.99. The van der Waals surface area contributed by atoms with Crippen LogP contribution in [0.5, 0.6) is 0 Å². The average molecular weight is 200 g/mol. The summed E-state index contributed by atoms with van der Waals surface area (Å²) in [6.45, 7) is 2.73. The second kappa shape index (κ2) is 5.24. The van der Waals surface area contributed by atoms with Crippen LogP contribution < -0.4 is 5.73 Å². The average Bonchev–Trinajstić information content (AvgIpc) is 2.43. The Bertz CT molecular complexity index is 259.